The highest BCUT2D eigenvalue weighted by atomic mass is 16.5. The Kier molecular flexibility index (Phi) is 6.27. The van der Waals surface area contributed by atoms with Gasteiger partial charge in [0.05, 0.1) is 0 Å². The summed E-state index contributed by atoms with van der Waals surface area (Å²) in [6.07, 6.45) is 4.52. The van der Waals surface area contributed by atoms with Gasteiger partial charge in [0, 0.05) is 38.8 Å². The number of amides is 1. The summed E-state index contributed by atoms with van der Waals surface area (Å²) < 4.78 is 5.56. The summed E-state index contributed by atoms with van der Waals surface area (Å²) in [5.41, 5.74) is 1.36. The van der Waals surface area contributed by atoms with Crippen molar-refractivity contribution in [3.05, 3.63) is 35.9 Å². The lowest BCUT2D eigenvalue weighted by atomic mass is 9.95. The van der Waals surface area contributed by atoms with Gasteiger partial charge in [-0.15, -0.1) is 0 Å². The number of rotatable bonds is 7. The summed E-state index contributed by atoms with van der Waals surface area (Å²) in [6, 6.07) is 11.0. The fourth-order valence-electron chi connectivity index (χ4n) is 3.94. The van der Waals surface area contributed by atoms with Crippen molar-refractivity contribution in [2.45, 2.75) is 45.2 Å². The van der Waals surface area contributed by atoms with Crippen LogP contribution in [0.3, 0.4) is 0 Å². The molecule has 132 valence electrons. The molecule has 1 aromatic rings. The maximum absolute atomic E-state index is 12.6. The Balaban J connectivity index is 1.56. The van der Waals surface area contributed by atoms with Crippen LogP contribution in [0.1, 0.15) is 38.2 Å². The second kappa shape index (κ2) is 8.63. The van der Waals surface area contributed by atoms with Gasteiger partial charge < -0.3 is 9.64 Å². The number of ether oxygens (including phenoxy) is 1. The fourth-order valence-corrected chi connectivity index (χ4v) is 3.94. The Hall–Kier alpha value is -1.39. The molecule has 0 aromatic heterocycles. The van der Waals surface area contributed by atoms with Gasteiger partial charge in [-0.05, 0) is 30.7 Å². The topological polar surface area (TPSA) is 32.8 Å². The first kappa shape index (κ1) is 17.4. The zero-order chi connectivity index (χ0) is 16.8. The molecule has 0 N–H and O–H groups in total. The van der Waals surface area contributed by atoms with E-state index in [-0.39, 0.29) is 12.5 Å². The number of nitrogens with zero attached hydrogens (tertiary/aromatic N) is 2. The van der Waals surface area contributed by atoms with Crippen LogP contribution in [0.5, 0.6) is 0 Å². The first-order valence-electron chi connectivity index (χ1n) is 9.39. The molecule has 3 heterocycles. The van der Waals surface area contributed by atoms with Crippen molar-refractivity contribution in [3.63, 3.8) is 0 Å². The van der Waals surface area contributed by atoms with Crippen molar-refractivity contribution in [2.75, 3.05) is 32.8 Å². The Morgan fingerprint density at radius 1 is 1.17 bits per heavy atom. The Morgan fingerprint density at radius 2 is 2.00 bits per heavy atom. The van der Waals surface area contributed by atoms with Gasteiger partial charge in [0.1, 0.15) is 6.61 Å². The Morgan fingerprint density at radius 3 is 2.79 bits per heavy atom. The number of carbonyl (C=O) groups excluding carboxylic acids is 1. The third-order valence-electron chi connectivity index (χ3n) is 5.23. The van der Waals surface area contributed by atoms with E-state index < -0.39 is 0 Å². The van der Waals surface area contributed by atoms with Crippen LogP contribution in [0.2, 0.25) is 0 Å². The number of piperidine rings is 1. The summed E-state index contributed by atoms with van der Waals surface area (Å²) in [5.74, 6) is 0.786. The molecule has 3 aliphatic rings. The van der Waals surface area contributed by atoms with Crippen molar-refractivity contribution in [1.29, 1.82) is 0 Å². The Labute approximate surface area is 145 Å². The molecule has 3 aliphatic heterocycles. The molecule has 2 atom stereocenters. The molecule has 0 saturated carbocycles. The largest absolute Gasteiger partial charge is 0.372 e. The van der Waals surface area contributed by atoms with E-state index in [0.717, 1.165) is 45.4 Å². The number of fused-ring (bicyclic) bond motifs is 4. The van der Waals surface area contributed by atoms with Gasteiger partial charge in [-0.25, -0.2) is 0 Å². The van der Waals surface area contributed by atoms with Crippen LogP contribution in [0.4, 0.5) is 0 Å². The van der Waals surface area contributed by atoms with Gasteiger partial charge in [-0.3, -0.25) is 9.69 Å². The molecule has 3 fully saturated rings. The third kappa shape index (κ3) is 4.58. The molecule has 1 amide bonds. The monoisotopic (exact) mass is 330 g/mol. The molecule has 3 saturated heterocycles. The number of benzene rings is 1. The molecule has 0 radical (unpaired) electrons. The van der Waals surface area contributed by atoms with E-state index in [4.69, 9.17) is 4.74 Å². The molecule has 2 bridgehead atoms. The molecule has 4 heteroatoms. The summed E-state index contributed by atoms with van der Waals surface area (Å²) in [4.78, 5) is 17.2. The number of hydrogen-bond donors (Lipinski definition) is 0. The Bertz CT molecular complexity index is 520. The molecule has 4 rings (SSSR count). The highest BCUT2D eigenvalue weighted by Gasteiger charge is 2.36. The molecule has 0 spiro atoms. The van der Waals surface area contributed by atoms with E-state index in [1.807, 2.05) is 0 Å². The van der Waals surface area contributed by atoms with Crippen molar-refractivity contribution in [1.82, 2.24) is 9.80 Å². The lowest BCUT2D eigenvalue weighted by Gasteiger charge is -2.36. The van der Waals surface area contributed by atoms with Gasteiger partial charge in [-0.2, -0.15) is 0 Å². The van der Waals surface area contributed by atoms with Gasteiger partial charge in [0.25, 0.3) is 0 Å². The lowest BCUT2D eigenvalue weighted by molar-refractivity contribution is -0.140. The first-order valence-corrected chi connectivity index (χ1v) is 9.39. The summed E-state index contributed by atoms with van der Waals surface area (Å²) >= 11 is 0. The quantitative estimate of drug-likeness (QED) is 0.721. The van der Waals surface area contributed by atoms with E-state index in [2.05, 4.69) is 47.1 Å². The zero-order valence-electron chi connectivity index (χ0n) is 14.8. The third-order valence-corrected chi connectivity index (χ3v) is 5.23. The first-order chi connectivity index (χ1) is 11.8. The second-order valence-electron chi connectivity index (χ2n) is 7.23. The van der Waals surface area contributed by atoms with E-state index in [1.165, 1.54) is 12.0 Å². The molecule has 0 aliphatic carbocycles. The minimum absolute atomic E-state index is 0.183. The minimum atomic E-state index is 0.183. The molecule has 0 unspecified atom stereocenters. The summed E-state index contributed by atoms with van der Waals surface area (Å²) in [6.45, 7) is 7.08. The minimum Gasteiger partial charge on any atom is -0.372 e. The average molecular weight is 330 g/mol. The second-order valence-corrected chi connectivity index (χ2v) is 7.23. The highest BCUT2D eigenvalue weighted by molar-refractivity contribution is 5.78. The average Bonchev–Trinajstić information content (AvgIpc) is 2.90. The van der Waals surface area contributed by atoms with Crippen LogP contribution in [0.15, 0.2) is 30.3 Å². The van der Waals surface area contributed by atoms with Crippen LogP contribution < -0.4 is 0 Å². The number of hydrogen-bond acceptors (Lipinski definition) is 3. The predicted molar refractivity (Wildman–Crippen MR) is 95.7 cm³/mol. The maximum Gasteiger partial charge on any atom is 0.248 e. The molecule has 24 heavy (non-hydrogen) atoms. The van der Waals surface area contributed by atoms with E-state index in [9.17, 15) is 4.79 Å². The molecule has 4 nitrogen and oxygen atoms in total. The van der Waals surface area contributed by atoms with Gasteiger partial charge in [0.2, 0.25) is 5.91 Å². The van der Waals surface area contributed by atoms with Crippen LogP contribution in [-0.4, -0.2) is 54.6 Å². The number of unbranched alkanes of at least 4 members (excludes halogenated alkanes) is 1. The predicted octanol–water partition coefficient (Wildman–Crippen LogP) is 2.93. The summed E-state index contributed by atoms with van der Waals surface area (Å²) in [7, 11) is 0. The van der Waals surface area contributed by atoms with Crippen LogP contribution >= 0.6 is 0 Å². The van der Waals surface area contributed by atoms with Crippen LogP contribution in [-0.2, 0) is 16.1 Å². The van der Waals surface area contributed by atoms with Crippen molar-refractivity contribution in [2.24, 2.45) is 5.92 Å². The van der Waals surface area contributed by atoms with E-state index >= 15 is 0 Å². The van der Waals surface area contributed by atoms with Gasteiger partial charge in [0.15, 0.2) is 0 Å². The SMILES string of the molecule is CCCCOCC(=O)N1C[C@@H]2CC[C@H]1CN(Cc1ccccc1)C2. The van der Waals surface area contributed by atoms with E-state index in [0.29, 0.717) is 18.6 Å². The number of carbonyl (C=O) groups is 1. The van der Waals surface area contributed by atoms with Crippen LogP contribution in [0.25, 0.3) is 0 Å². The van der Waals surface area contributed by atoms with Crippen molar-refractivity contribution in [3.8, 4) is 0 Å². The normalized spacial score (nSPS) is 24.1. The maximum atomic E-state index is 12.6. The molecule has 1 aromatic carbocycles. The summed E-state index contributed by atoms with van der Waals surface area (Å²) in [5, 5.41) is 0. The standard InChI is InChI=1S/C20H30N2O2/c1-2-3-11-24-16-20(23)22-14-18-9-10-19(22)15-21(13-18)12-17-7-5-4-6-8-17/h4-8,18-19H,2-3,9-16H2,1H3/t18-,19+/m1/s1. The molecular weight excluding hydrogens is 300 g/mol. The van der Waals surface area contributed by atoms with Crippen molar-refractivity contribution < 1.29 is 9.53 Å². The van der Waals surface area contributed by atoms with Crippen LogP contribution in [0, 0.1) is 5.92 Å². The zero-order valence-corrected chi connectivity index (χ0v) is 14.8. The lowest BCUT2D eigenvalue weighted by Crippen LogP contribution is -2.48. The van der Waals surface area contributed by atoms with Gasteiger partial charge >= 0.3 is 0 Å². The van der Waals surface area contributed by atoms with Gasteiger partial charge in [-0.1, -0.05) is 43.7 Å². The van der Waals surface area contributed by atoms with Crippen molar-refractivity contribution >= 4 is 5.91 Å². The highest BCUT2D eigenvalue weighted by Crippen LogP contribution is 2.28. The van der Waals surface area contributed by atoms with E-state index in [1.54, 1.807) is 0 Å². The smallest absolute Gasteiger partial charge is 0.248 e. The molecular formula is C20H30N2O2. The fraction of sp³-hybridized carbons (Fsp3) is 0.650.